The molecule has 0 saturated carbocycles. The molecule has 0 aromatic heterocycles. The number of benzene rings is 1. The van der Waals surface area contributed by atoms with Crippen LogP contribution in [0.3, 0.4) is 0 Å². The van der Waals surface area contributed by atoms with Gasteiger partial charge in [0, 0.05) is 31.2 Å². The minimum atomic E-state index is -3.51. The Balaban J connectivity index is 0.00000200. The quantitative estimate of drug-likeness (QED) is 0.832. The Kier molecular flexibility index (Phi) is 5.52. The minimum Gasteiger partial charge on any atom is -0.366 e. The highest BCUT2D eigenvalue weighted by Crippen LogP contribution is 2.19. The molecule has 0 radical (unpaired) electrons. The van der Waals surface area contributed by atoms with Crippen LogP contribution in [0.4, 0.5) is 0 Å². The Morgan fingerprint density at radius 1 is 1.35 bits per heavy atom. The summed E-state index contributed by atoms with van der Waals surface area (Å²) in [5, 5.41) is 3.14. The van der Waals surface area contributed by atoms with Gasteiger partial charge in [-0.3, -0.25) is 4.79 Å². The molecular formula is C12H18ClN3O3S. The molecule has 8 heteroatoms. The lowest BCUT2D eigenvalue weighted by molar-refractivity contribution is 0.1000. The number of hydrogen-bond donors (Lipinski definition) is 2. The fraction of sp³-hybridized carbons (Fsp3) is 0.417. The van der Waals surface area contributed by atoms with Gasteiger partial charge in [-0.1, -0.05) is 0 Å². The first-order chi connectivity index (χ1) is 8.93. The van der Waals surface area contributed by atoms with E-state index in [0.717, 1.165) is 0 Å². The summed E-state index contributed by atoms with van der Waals surface area (Å²) in [6, 6.07) is 5.62. The van der Waals surface area contributed by atoms with E-state index in [-0.39, 0.29) is 23.3 Å². The van der Waals surface area contributed by atoms with E-state index in [0.29, 0.717) is 25.2 Å². The Hall–Kier alpha value is -1.15. The lowest BCUT2D eigenvalue weighted by atomic mass is 10.2. The van der Waals surface area contributed by atoms with Crippen molar-refractivity contribution in [1.29, 1.82) is 0 Å². The van der Waals surface area contributed by atoms with E-state index in [9.17, 15) is 13.2 Å². The van der Waals surface area contributed by atoms with Crippen LogP contribution in [0.15, 0.2) is 29.2 Å². The summed E-state index contributed by atoms with van der Waals surface area (Å²) < 4.78 is 26.4. The molecule has 3 N–H and O–H groups in total. The summed E-state index contributed by atoms with van der Waals surface area (Å²) in [7, 11) is -3.51. The zero-order chi connectivity index (χ0) is 14.0. The maximum atomic E-state index is 12.5. The topological polar surface area (TPSA) is 92.5 Å². The van der Waals surface area contributed by atoms with Gasteiger partial charge in [0.15, 0.2) is 0 Å². The second kappa shape index (κ2) is 6.53. The highest BCUT2D eigenvalue weighted by atomic mass is 35.5. The summed E-state index contributed by atoms with van der Waals surface area (Å²) in [5.74, 6) is -0.570. The fourth-order valence-corrected chi connectivity index (χ4v) is 3.74. The molecule has 1 aromatic rings. The van der Waals surface area contributed by atoms with Crippen molar-refractivity contribution in [3.05, 3.63) is 29.8 Å². The molecule has 1 aliphatic heterocycles. The van der Waals surface area contributed by atoms with Gasteiger partial charge in [-0.05, 0) is 31.2 Å². The predicted octanol–water partition coefficient (Wildman–Crippen LogP) is 0.190. The zero-order valence-corrected chi connectivity index (χ0v) is 12.7. The number of amides is 1. The van der Waals surface area contributed by atoms with Gasteiger partial charge in [0.1, 0.15) is 0 Å². The molecule has 1 fully saturated rings. The van der Waals surface area contributed by atoms with E-state index in [1.807, 2.05) is 6.92 Å². The van der Waals surface area contributed by atoms with Crippen molar-refractivity contribution in [2.24, 2.45) is 5.73 Å². The van der Waals surface area contributed by atoms with E-state index >= 15 is 0 Å². The molecule has 1 aliphatic rings. The number of sulfonamides is 1. The smallest absolute Gasteiger partial charge is 0.248 e. The monoisotopic (exact) mass is 319 g/mol. The number of nitrogens with zero attached hydrogens (tertiary/aromatic N) is 1. The van der Waals surface area contributed by atoms with Gasteiger partial charge in [-0.2, -0.15) is 4.31 Å². The summed E-state index contributed by atoms with van der Waals surface area (Å²) in [4.78, 5) is 11.2. The van der Waals surface area contributed by atoms with E-state index in [1.165, 1.54) is 28.6 Å². The SMILES string of the molecule is C[C@@H]1CNCCN1S(=O)(=O)c1ccc(C(N)=O)cc1.Cl. The average Bonchev–Trinajstić information content (AvgIpc) is 2.39. The molecule has 20 heavy (non-hydrogen) atoms. The summed E-state index contributed by atoms with van der Waals surface area (Å²) >= 11 is 0. The van der Waals surface area contributed by atoms with Crippen LogP contribution in [0, 0.1) is 0 Å². The zero-order valence-electron chi connectivity index (χ0n) is 11.1. The molecule has 0 aliphatic carbocycles. The molecular weight excluding hydrogens is 302 g/mol. The number of piperazine rings is 1. The van der Waals surface area contributed by atoms with Crippen molar-refractivity contribution >= 4 is 28.3 Å². The molecule has 1 heterocycles. The number of hydrogen-bond acceptors (Lipinski definition) is 4. The third-order valence-electron chi connectivity index (χ3n) is 3.19. The number of carbonyl (C=O) groups excluding carboxylic acids is 1. The van der Waals surface area contributed by atoms with Crippen molar-refractivity contribution in [2.45, 2.75) is 17.9 Å². The number of rotatable bonds is 3. The molecule has 0 bridgehead atoms. The van der Waals surface area contributed by atoms with Gasteiger partial charge in [0.2, 0.25) is 15.9 Å². The summed E-state index contributed by atoms with van der Waals surface area (Å²) in [6.07, 6.45) is 0. The molecule has 1 amide bonds. The van der Waals surface area contributed by atoms with E-state index in [1.54, 1.807) is 0 Å². The Morgan fingerprint density at radius 2 is 1.95 bits per heavy atom. The summed E-state index contributed by atoms with van der Waals surface area (Å²) in [6.45, 7) is 3.59. The van der Waals surface area contributed by atoms with Crippen LogP contribution >= 0.6 is 12.4 Å². The number of nitrogens with two attached hydrogens (primary N) is 1. The van der Waals surface area contributed by atoms with Crippen LogP contribution in [-0.4, -0.2) is 44.3 Å². The van der Waals surface area contributed by atoms with Crippen molar-refractivity contribution in [2.75, 3.05) is 19.6 Å². The molecule has 112 valence electrons. The molecule has 1 saturated heterocycles. The van der Waals surface area contributed by atoms with E-state index in [4.69, 9.17) is 5.73 Å². The van der Waals surface area contributed by atoms with Crippen molar-refractivity contribution in [3.63, 3.8) is 0 Å². The molecule has 1 aromatic carbocycles. The number of primary amides is 1. The molecule has 2 rings (SSSR count). The Labute approximate surface area is 124 Å². The van der Waals surface area contributed by atoms with Crippen LogP contribution in [0.5, 0.6) is 0 Å². The third-order valence-corrected chi connectivity index (χ3v) is 5.21. The van der Waals surface area contributed by atoms with E-state index in [2.05, 4.69) is 5.32 Å². The van der Waals surface area contributed by atoms with Crippen LogP contribution < -0.4 is 11.1 Å². The second-order valence-corrected chi connectivity index (χ2v) is 6.45. The van der Waals surface area contributed by atoms with Gasteiger partial charge in [0.05, 0.1) is 4.90 Å². The van der Waals surface area contributed by atoms with Crippen molar-refractivity contribution < 1.29 is 13.2 Å². The lowest BCUT2D eigenvalue weighted by Crippen LogP contribution is -2.52. The highest BCUT2D eigenvalue weighted by Gasteiger charge is 2.30. The first kappa shape index (κ1) is 16.9. The maximum absolute atomic E-state index is 12.5. The molecule has 6 nitrogen and oxygen atoms in total. The van der Waals surface area contributed by atoms with Crippen LogP contribution in [0.2, 0.25) is 0 Å². The van der Waals surface area contributed by atoms with E-state index < -0.39 is 15.9 Å². The predicted molar refractivity (Wildman–Crippen MR) is 78.4 cm³/mol. The first-order valence-electron chi connectivity index (χ1n) is 6.05. The molecule has 0 spiro atoms. The van der Waals surface area contributed by atoms with Crippen molar-refractivity contribution in [1.82, 2.24) is 9.62 Å². The fourth-order valence-electron chi connectivity index (χ4n) is 2.11. The largest absolute Gasteiger partial charge is 0.366 e. The lowest BCUT2D eigenvalue weighted by Gasteiger charge is -2.32. The third kappa shape index (κ3) is 3.29. The minimum absolute atomic E-state index is 0. The highest BCUT2D eigenvalue weighted by molar-refractivity contribution is 7.89. The average molecular weight is 320 g/mol. The Bertz CT molecular complexity index is 574. The summed E-state index contributed by atoms with van der Waals surface area (Å²) in [5.41, 5.74) is 5.43. The maximum Gasteiger partial charge on any atom is 0.248 e. The number of halogens is 1. The standard InChI is InChI=1S/C12H17N3O3S.ClH/c1-9-8-14-6-7-15(9)19(17,18)11-4-2-10(3-5-11)12(13)16;/h2-5,9,14H,6-8H2,1H3,(H2,13,16);1H/t9-;/m1./s1. The van der Waals surface area contributed by atoms with Crippen LogP contribution in [0.25, 0.3) is 0 Å². The van der Waals surface area contributed by atoms with Crippen molar-refractivity contribution in [3.8, 4) is 0 Å². The molecule has 0 unspecified atom stereocenters. The number of carbonyl (C=O) groups is 1. The second-order valence-electron chi connectivity index (χ2n) is 4.56. The van der Waals surface area contributed by atoms with Crippen LogP contribution in [0.1, 0.15) is 17.3 Å². The first-order valence-corrected chi connectivity index (χ1v) is 7.49. The normalized spacial score (nSPS) is 20.1. The van der Waals surface area contributed by atoms with Gasteiger partial charge < -0.3 is 11.1 Å². The van der Waals surface area contributed by atoms with Gasteiger partial charge in [0.25, 0.3) is 0 Å². The molecule has 1 atom stereocenters. The Morgan fingerprint density at radius 3 is 2.45 bits per heavy atom. The van der Waals surface area contributed by atoms with Gasteiger partial charge in [-0.25, -0.2) is 8.42 Å². The van der Waals surface area contributed by atoms with Gasteiger partial charge in [-0.15, -0.1) is 12.4 Å². The van der Waals surface area contributed by atoms with Gasteiger partial charge >= 0.3 is 0 Å². The van der Waals surface area contributed by atoms with Crippen LogP contribution in [-0.2, 0) is 10.0 Å². The number of nitrogens with one attached hydrogen (secondary N) is 1.